The fourth-order valence-corrected chi connectivity index (χ4v) is 4.65. The van der Waals surface area contributed by atoms with Crippen LogP contribution in [-0.2, 0) is 4.79 Å². The number of hydrogen-bond acceptors (Lipinski definition) is 6. The number of rotatable bonds is 6. The molecule has 1 atom stereocenters. The summed E-state index contributed by atoms with van der Waals surface area (Å²) in [6, 6.07) is 9.82. The Morgan fingerprint density at radius 1 is 1.25 bits per heavy atom. The normalized spacial score (nSPS) is 15.5. The van der Waals surface area contributed by atoms with Gasteiger partial charge in [0.1, 0.15) is 17.2 Å². The summed E-state index contributed by atoms with van der Waals surface area (Å²) in [5.74, 6) is 0.918. The van der Waals surface area contributed by atoms with E-state index in [2.05, 4.69) is 31.6 Å². The maximum absolute atomic E-state index is 13.6. The van der Waals surface area contributed by atoms with Crippen LogP contribution in [0.4, 0.5) is 24.5 Å². The summed E-state index contributed by atoms with van der Waals surface area (Å²) in [7, 11) is 1.27. The van der Waals surface area contributed by atoms with E-state index >= 15 is 0 Å². The first kappa shape index (κ1) is 25.5. The maximum Gasteiger partial charge on any atom is 0.573 e. The van der Waals surface area contributed by atoms with Gasteiger partial charge >= 0.3 is 6.36 Å². The first-order valence-electron chi connectivity index (χ1n) is 10.3. The number of carbonyl (C=O) groups excluding carboxylic acids is 2. The van der Waals surface area contributed by atoms with E-state index in [1.54, 1.807) is 24.3 Å². The molecule has 0 radical (unpaired) electrons. The molecule has 4 rings (SSSR count). The summed E-state index contributed by atoms with van der Waals surface area (Å²) in [6.07, 6.45) is 0.349. The number of aromatic nitrogens is 1. The molecule has 1 aliphatic rings. The van der Waals surface area contributed by atoms with E-state index in [-0.39, 0.29) is 41.0 Å². The number of halogens is 4. The number of anilines is 2. The smallest absolute Gasteiger partial charge is 0.497 e. The molecule has 1 aliphatic heterocycles. The van der Waals surface area contributed by atoms with E-state index in [1.165, 1.54) is 28.4 Å². The zero-order valence-corrected chi connectivity index (χ0v) is 21.0. The van der Waals surface area contributed by atoms with Crippen LogP contribution in [0.3, 0.4) is 0 Å². The zero-order chi connectivity index (χ0) is 26.0. The highest BCUT2D eigenvalue weighted by Crippen LogP contribution is 2.36. The number of alkyl halides is 3. The maximum atomic E-state index is 13.6. The topological polar surface area (TPSA) is 72.0 Å². The quantitative estimate of drug-likeness (QED) is 0.373. The van der Waals surface area contributed by atoms with Crippen LogP contribution < -0.4 is 19.3 Å². The van der Waals surface area contributed by atoms with Crippen LogP contribution >= 0.6 is 27.3 Å². The molecule has 0 bridgehead atoms. The molecule has 0 spiro atoms. The van der Waals surface area contributed by atoms with Crippen LogP contribution in [0.1, 0.15) is 21.9 Å². The lowest BCUT2D eigenvalue weighted by Gasteiger charge is -2.29. The molecule has 1 saturated heterocycles. The molecule has 0 aliphatic carbocycles. The Morgan fingerprint density at radius 2 is 1.94 bits per heavy atom. The largest absolute Gasteiger partial charge is 0.573 e. The highest BCUT2D eigenvalue weighted by molar-refractivity contribution is 9.10. The van der Waals surface area contributed by atoms with Crippen LogP contribution in [0.15, 0.2) is 52.3 Å². The van der Waals surface area contributed by atoms with E-state index in [0.29, 0.717) is 5.69 Å². The molecule has 1 aromatic heterocycles. The first-order chi connectivity index (χ1) is 17.1. The molecule has 36 heavy (non-hydrogen) atoms. The summed E-state index contributed by atoms with van der Waals surface area (Å²) in [5, 5.41) is 1.73. The molecule has 2 aromatic carbocycles. The predicted octanol–water partition coefficient (Wildman–Crippen LogP) is 5.25. The van der Waals surface area contributed by atoms with E-state index < -0.39 is 24.1 Å². The van der Waals surface area contributed by atoms with Crippen LogP contribution in [0.25, 0.3) is 0 Å². The number of ether oxygens (including phenoxy) is 2. The highest BCUT2D eigenvalue weighted by Gasteiger charge is 2.39. The van der Waals surface area contributed by atoms with Crippen LogP contribution in [-0.4, -0.2) is 42.9 Å². The first-order valence-corrected chi connectivity index (χ1v) is 12.0. The van der Waals surface area contributed by atoms with Crippen molar-refractivity contribution in [2.24, 2.45) is 0 Å². The number of methoxy groups -OCH3 is 1. The van der Waals surface area contributed by atoms with Crippen LogP contribution in [0.2, 0.25) is 0 Å². The Balaban J connectivity index is 1.76. The van der Waals surface area contributed by atoms with Gasteiger partial charge in [0.15, 0.2) is 5.01 Å². The van der Waals surface area contributed by atoms with Crippen molar-refractivity contribution in [2.75, 3.05) is 23.5 Å². The molecule has 186 valence electrons. The number of thiazole rings is 1. The van der Waals surface area contributed by atoms with Crippen molar-refractivity contribution in [3.8, 4) is 23.8 Å². The minimum atomic E-state index is -4.96. The average molecular weight is 580 g/mol. The van der Waals surface area contributed by atoms with Crippen molar-refractivity contribution in [2.45, 2.75) is 18.8 Å². The number of carbonyl (C=O) groups is 2. The van der Waals surface area contributed by atoms with Crippen LogP contribution in [0, 0.1) is 12.3 Å². The minimum absolute atomic E-state index is 0.00333. The number of nitrogens with zero attached hydrogens (tertiary/aromatic N) is 3. The number of hydrogen-bond donors (Lipinski definition) is 0. The van der Waals surface area contributed by atoms with Gasteiger partial charge in [-0.25, -0.2) is 4.98 Å². The highest BCUT2D eigenvalue weighted by atomic mass is 79.9. The van der Waals surface area contributed by atoms with Gasteiger partial charge in [-0.15, -0.1) is 30.9 Å². The summed E-state index contributed by atoms with van der Waals surface area (Å²) in [6.45, 7) is 0.102. The molecular weight excluding hydrogens is 563 g/mol. The van der Waals surface area contributed by atoms with Gasteiger partial charge < -0.3 is 19.3 Å². The van der Waals surface area contributed by atoms with Crippen molar-refractivity contribution in [3.05, 3.63) is 63.0 Å². The molecule has 12 heteroatoms. The standard InChI is InChI=1S/C24H17BrF3N3O4S/c1-3-21-29-20(13-36-21)23(33)31(16-8-18(34-2)11-19(9-16)35-24(26,27)28)17-10-22(32)30(12-17)15-6-4-14(25)5-7-15/h1,4-9,11,13,17H,10,12H2,2H3. The third kappa shape index (κ3) is 5.63. The molecule has 1 unspecified atom stereocenters. The summed E-state index contributed by atoms with van der Waals surface area (Å²) < 4.78 is 49.0. The van der Waals surface area contributed by atoms with Gasteiger partial charge in [-0.05, 0) is 30.2 Å². The summed E-state index contributed by atoms with van der Waals surface area (Å²) in [5.41, 5.74) is 0.668. The Hall–Kier alpha value is -3.56. The summed E-state index contributed by atoms with van der Waals surface area (Å²) >= 11 is 4.42. The van der Waals surface area contributed by atoms with Gasteiger partial charge in [0, 0.05) is 46.7 Å². The predicted molar refractivity (Wildman–Crippen MR) is 131 cm³/mol. The van der Waals surface area contributed by atoms with Gasteiger partial charge in [-0.3, -0.25) is 9.59 Å². The fraction of sp³-hybridized carbons (Fsp3) is 0.208. The molecule has 1 fully saturated rings. The van der Waals surface area contributed by atoms with Crippen LogP contribution in [0.5, 0.6) is 11.5 Å². The summed E-state index contributed by atoms with van der Waals surface area (Å²) in [4.78, 5) is 33.4. The fourth-order valence-electron chi connectivity index (χ4n) is 3.79. The average Bonchev–Trinajstić information content (AvgIpc) is 3.45. The van der Waals surface area contributed by atoms with Crippen molar-refractivity contribution < 1.29 is 32.2 Å². The van der Waals surface area contributed by atoms with E-state index in [1.807, 2.05) is 0 Å². The molecule has 3 aromatic rings. The second-order valence-electron chi connectivity index (χ2n) is 7.61. The monoisotopic (exact) mass is 579 g/mol. The Labute approximate surface area is 216 Å². The molecular formula is C24H17BrF3N3O4S. The number of terminal acetylenes is 1. The third-order valence-corrected chi connectivity index (χ3v) is 6.59. The number of benzene rings is 2. The third-order valence-electron chi connectivity index (χ3n) is 5.29. The van der Waals surface area contributed by atoms with Crippen molar-refractivity contribution >= 4 is 50.5 Å². The van der Waals surface area contributed by atoms with E-state index in [9.17, 15) is 22.8 Å². The molecule has 0 N–H and O–H groups in total. The Kier molecular flexibility index (Phi) is 7.23. The molecule has 2 heterocycles. The Morgan fingerprint density at radius 3 is 2.56 bits per heavy atom. The van der Waals surface area contributed by atoms with Gasteiger partial charge in [0.2, 0.25) is 5.91 Å². The van der Waals surface area contributed by atoms with Gasteiger partial charge in [0.05, 0.1) is 18.8 Å². The van der Waals surface area contributed by atoms with E-state index in [4.69, 9.17) is 11.2 Å². The Bertz CT molecular complexity index is 1340. The lowest BCUT2D eigenvalue weighted by Crippen LogP contribution is -2.42. The minimum Gasteiger partial charge on any atom is -0.497 e. The SMILES string of the molecule is C#Cc1nc(C(=O)N(c2cc(OC)cc(OC(F)(F)F)c2)C2CC(=O)N(c3ccc(Br)cc3)C2)cs1. The van der Waals surface area contributed by atoms with Gasteiger partial charge in [-0.1, -0.05) is 15.9 Å². The second-order valence-corrected chi connectivity index (χ2v) is 9.38. The molecule has 2 amide bonds. The number of amides is 2. The molecule has 0 saturated carbocycles. The van der Waals surface area contributed by atoms with Gasteiger partial charge in [0.25, 0.3) is 5.91 Å². The van der Waals surface area contributed by atoms with Crippen molar-refractivity contribution in [1.29, 1.82) is 0 Å². The lowest BCUT2D eigenvalue weighted by molar-refractivity contribution is -0.274. The van der Waals surface area contributed by atoms with Crippen molar-refractivity contribution in [1.82, 2.24) is 4.98 Å². The zero-order valence-electron chi connectivity index (χ0n) is 18.6. The van der Waals surface area contributed by atoms with Crippen molar-refractivity contribution in [3.63, 3.8) is 0 Å². The second kappa shape index (κ2) is 10.2. The van der Waals surface area contributed by atoms with E-state index in [0.717, 1.165) is 27.9 Å². The molecule has 7 nitrogen and oxygen atoms in total. The van der Waals surface area contributed by atoms with Gasteiger partial charge in [-0.2, -0.15) is 0 Å². The lowest BCUT2D eigenvalue weighted by atomic mass is 10.1.